The average Bonchev–Trinajstić information content (AvgIpc) is 3.04. The number of carbonyl (C=O) groups excluding carboxylic acids is 1. The number of aliphatic hydroxyl groups excluding tert-OH is 1. The first-order chi connectivity index (χ1) is 13.0. The van der Waals surface area contributed by atoms with Crippen molar-refractivity contribution in [3.63, 3.8) is 0 Å². The van der Waals surface area contributed by atoms with E-state index in [1.165, 1.54) is 0 Å². The molecule has 2 atom stereocenters. The van der Waals surface area contributed by atoms with Crippen LogP contribution in [0.1, 0.15) is 15.9 Å². The maximum atomic E-state index is 12.8. The molecule has 0 unspecified atom stereocenters. The molecule has 0 bridgehead atoms. The van der Waals surface area contributed by atoms with Crippen molar-refractivity contribution in [3.8, 4) is 11.5 Å². The van der Waals surface area contributed by atoms with Gasteiger partial charge in [-0.15, -0.1) is 0 Å². The highest BCUT2D eigenvalue weighted by atomic mass is 16.5. The highest BCUT2D eigenvalue weighted by Gasteiger charge is 2.35. The third-order valence-corrected chi connectivity index (χ3v) is 5.02. The van der Waals surface area contributed by atoms with Crippen LogP contribution < -0.4 is 4.74 Å². The van der Waals surface area contributed by atoms with Gasteiger partial charge in [-0.25, -0.2) is 0 Å². The van der Waals surface area contributed by atoms with Gasteiger partial charge in [0.05, 0.1) is 0 Å². The summed E-state index contributed by atoms with van der Waals surface area (Å²) in [5, 5.41) is 9.64. The van der Waals surface area contributed by atoms with E-state index in [4.69, 9.17) is 4.74 Å². The Hall–Kier alpha value is -2.37. The predicted molar refractivity (Wildman–Crippen MR) is 106 cm³/mol. The largest absolute Gasteiger partial charge is 0.457 e. The molecule has 5 nitrogen and oxygen atoms in total. The number of likely N-dealkylation sites (tertiary alicyclic amines) is 1. The van der Waals surface area contributed by atoms with Gasteiger partial charge in [0.15, 0.2) is 0 Å². The number of aryl methyl sites for hydroxylation is 1. The molecule has 0 saturated carbocycles. The molecule has 1 N–H and O–H groups in total. The molecule has 27 heavy (non-hydrogen) atoms. The molecule has 0 aliphatic carbocycles. The fraction of sp³-hybridized carbons (Fsp3) is 0.409. The smallest absolute Gasteiger partial charge is 0.253 e. The first-order valence-electron chi connectivity index (χ1n) is 9.35. The van der Waals surface area contributed by atoms with Crippen LogP contribution in [-0.2, 0) is 0 Å². The van der Waals surface area contributed by atoms with E-state index < -0.39 is 0 Å². The molecule has 1 aliphatic heterocycles. The number of carbonyl (C=O) groups is 1. The molecule has 1 amide bonds. The van der Waals surface area contributed by atoms with Crippen LogP contribution in [0.25, 0.3) is 0 Å². The van der Waals surface area contributed by atoms with Gasteiger partial charge in [-0.3, -0.25) is 4.79 Å². The Bertz CT molecular complexity index is 773. The van der Waals surface area contributed by atoms with Crippen LogP contribution in [0, 0.1) is 18.8 Å². The maximum Gasteiger partial charge on any atom is 0.253 e. The number of rotatable bonds is 6. The molecule has 1 saturated heterocycles. The van der Waals surface area contributed by atoms with E-state index in [1.54, 1.807) is 12.1 Å². The topological polar surface area (TPSA) is 53.0 Å². The first kappa shape index (κ1) is 19.4. The zero-order valence-corrected chi connectivity index (χ0v) is 16.3. The Morgan fingerprint density at radius 1 is 1.11 bits per heavy atom. The van der Waals surface area contributed by atoms with Gasteiger partial charge in [-0.1, -0.05) is 12.1 Å². The van der Waals surface area contributed by atoms with E-state index in [-0.39, 0.29) is 18.4 Å². The molecular formula is C22H28N2O3. The molecule has 5 heteroatoms. The number of hydrogen-bond donors (Lipinski definition) is 1. The summed E-state index contributed by atoms with van der Waals surface area (Å²) in [6.07, 6.45) is 0. The summed E-state index contributed by atoms with van der Waals surface area (Å²) >= 11 is 0. The lowest BCUT2D eigenvalue weighted by Gasteiger charge is -2.20. The Morgan fingerprint density at radius 3 is 2.44 bits per heavy atom. The van der Waals surface area contributed by atoms with Gasteiger partial charge in [0, 0.05) is 37.7 Å². The summed E-state index contributed by atoms with van der Waals surface area (Å²) in [7, 11) is 4.04. The third-order valence-electron chi connectivity index (χ3n) is 5.02. The van der Waals surface area contributed by atoms with E-state index in [2.05, 4.69) is 4.90 Å². The summed E-state index contributed by atoms with van der Waals surface area (Å²) in [6.45, 7) is 4.30. The van der Waals surface area contributed by atoms with Crippen LogP contribution in [0.15, 0.2) is 48.5 Å². The fourth-order valence-electron chi connectivity index (χ4n) is 3.65. The Morgan fingerprint density at radius 2 is 1.81 bits per heavy atom. The molecular weight excluding hydrogens is 340 g/mol. The number of amides is 1. The highest BCUT2D eigenvalue weighted by molar-refractivity contribution is 5.94. The van der Waals surface area contributed by atoms with Crippen molar-refractivity contribution >= 4 is 5.91 Å². The van der Waals surface area contributed by atoms with Crippen molar-refractivity contribution in [2.75, 3.05) is 40.3 Å². The van der Waals surface area contributed by atoms with E-state index in [0.717, 1.165) is 17.9 Å². The normalized spacial score (nSPS) is 19.5. The SMILES string of the molecule is Cc1cccc(Oc2ccc(C(=O)N3C[C@@H](CN(C)C)[C@@H](CO)C3)cc2)c1. The van der Waals surface area contributed by atoms with Gasteiger partial charge in [-0.2, -0.15) is 0 Å². The molecule has 144 valence electrons. The summed E-state index contributed by atoms with van der Waals surface area (Å²) in [5.41, 5.74) is 1.79. The fourth-order valence-corrected chi connectivity index (χ4v) is 3.65. The number of hydrogen-bond acceptors (Lipinski definition) is 4. The average molecular weight is 368 g/mol. The van der Waals surface area contributed by atoms with Gasteiger partial charge >= 0.3 is 0 Å². The molecule has 0 aromatic heterocycles. The lowest BCUT2D eigenvalue weighted by molar-refractivity contribution is 0.0779. The quantitative estimate of drug-likeness (QED) is 0.852. The standard InChI is InChI=1S/C22H28N2O3/c1-16-5-4-6-21(11-16)27-20-9-7-17(8-10-20)22(26)24-13-18(12-23(2)3)19(14-24)15-25/h4-11,18-19,25H,12-15H2,1-3H3/t18-,19-/m1/s1. The van der Waals surface area contributed by atoms with Crippen molar-refractivity contribution in [3.05, 3.63) is 59.7 Å². The van der Waals surface area contributed by atoms with E-state index >= 15 is 0 Å². The zero-order valence-electron chi connectivity index (χ0n) is 16.3. The van der Waals surface area contributed by atoms with Crippen LogP contribution in [0.3, 0.4) is 0 Å². The predicted octanol–water partition coefficient (Wildman–Crippen LogP) is 3.03. The molecule has 1 heterocycles. The van der Waals surface area contributed by atoms with Crippen molar-refractivity contribution in [2.24, 2.45) is 11.8 Å². The van der Waals surface area contributed by atoms with E-state index in [1.807, 2.05) is 62.3 Å². The van der Waals surface area contributed by atoms with Gasteiger partial charge in [0.2, 0.25) is 0 Å². The maximum absolute atomic E-state index is 12.8. The van der Waals surface area contributed by atoms with Crippen molar-refractivity contribution < 1.29 is 14.6 Å². The lowest BCUT2D eigenvalue weighted by atomic mass is 9.97. The summed E-state index contributed by atoms with van der Waals surface area (Å²) in [6, 6.07) is 15.1. The molecule has 0 radical (unpaired) electrons. The molecule has 2 aromatic carbocycles. The second-order valence-electron chi connectivity index (χ2n) is 7.62. The van der Waals surface area contributed by atoms with Gasteiger partial charge in [-0.05, 0) is 68.9 Å². The zero-order chi connectivity index (χ0) is 19.4. The van der Waals surface area contributed by atoms with Gasteiger partial charge < -0.3 is 19.6 Å². The number of ether oxygens (including phenoxy) is 1. The first-order valence-corrected chi connectivity index (χ1v) is 9.35. The molecule has 2 aromatic rings. The van der Waals surface area contributed by atoms with Gasteiger partial charge in [0.25, 0.3) is 5.91 Å². The second-order valence-corrected chi connectivity index (χ2v) is 7.62. The van der Waals surface area contributed by atoms with Crippen LogP contribution in [0.2, 0.25) is 0 Å². The Labute approximate surface area is 161 Å². The van der Waals surface area contributed by atoms with Crippen LogP contribution in [0.5, 0.6) is 11.5 Å². The van der Waals surface area contributed by atoms with E-state index in [0.29, 0.717) is 30.3 Å². The minimum Gasteiger partial charge on any atom is -0.457 e. The Kier molecular flexibility index (Phi) is 6.14. The van der Waals surface area contributed by atoms with Crippen molar-refractivity contribution in [2.45, 2.75) is 6.92 Å². The number of nitrogens with zero attached hydrogens (tertiary/aromatic N) is 2. The third kappa shape index (κ3) is 4.87. The molecule has 3 rings (SSSR count). The van der Waals surface area contributed by atoms with Crippen LogP contribution >= 0.6 is 0 Å². The van der Waals surface area contributed by atoms with Gasteiger partial charge in [0.1, 0.15) is 11.5 Å². The minimum atomic E-state index is 0.0109. The minimum absolute atomic E-state index is 0.0109. The molecule has 1 aliphatic rings. The highest BCUT2D eigenvalue weighted by Crippen LogP contribution is 2.27. The molecule has 0 spiro atoms. The van der Waals surface area contributed by atoms with Crippen LogP contribution in [-0.4, -0.2) is 61.2 Å². The second kappa shape index (κ2) is 8.55. The van der Waals surface area contributed by atoms with Crippen molar-refractivity contribution in [1.82, 2.24) is 9.80 Å². The summed E-state index contributed by atoms with van der Waals surface area (Å²) < 4.78 is 5.85. The summed E-state index contributed by atoms with van der Waals surface area (Å²) in [4.78, 5) is 16.8. The lowest BCUT2D eigenvalue weighted by Crippen LogP contribution is -2.30. The molecule has 1 fully saturated rings. The number of aliphatic hydroxyl groups is 1. The number of benzene rings is 2. The van der Waals surface area contributed by atoms with Crippen molar-refractivity contribution in [1.29, 1.82) is 0 Å². The van der Waals surface area contributed by atoms with Crippen LogP contribution in [0.4, 0.5) is 0 Å². The van der Waals surface area contributed by atoms with E-state index in [9.17, 15) is 9.90 Å². The Balaban J connectivity index is 1.65. The monoisotopic (exact) mass is 368 g/mol. The summed E-state index contributed by atoms with van der Waals surface area (Å²) in [5.74, 6) is 1.94.